The van der Waals surface area contributed by atoms with Crippen molar-refractivity contribution in [3.05, 3.63) is 16.7 Å². The molecule has 1 aromatic heterocycles. The maximum atomic E-state index is 12.9. The summed E-state index contributed by atoms with van der Waals surface area (Å²) in [5.41, 5.74) is 5.89. The van der Waals surface area contributed by atoms with Gasteiger partial charge in [-0.05, 0) is 25.3 Å². The minimum Gasteiger partial charge on any atom is -0.480 e. The number of ether oxygens (including phenoxy) is 4. The van der Waals surface area contributed by atoms with Crippen LogP contribution in [0.5, 0.6) is 5.88 Å². The topological polar surface area (TPSA) is 146 Å². The third-order valence-electron chi connectivity index (χ3n) is 6.74. The van der Waals surface area contributed by atoms with Crippen molar-refractivity contribution in [2.75, 3.05) is 73.0 Å². The van der Waals surface area contributed by atoms with E-state index in [-0.39, 0.29) is 65.4 Å². The molecule has 0 spiro atoms. The number of likely N-dealkylation sites (tertiary alicyclic amines) is 2. The molecule has 206 valence electrons. The average Bonchev–Trinajstić information content (AvgIpc) is 2.90. The Morgan fingerprint density at radius 2 is 1.86 bits per heavy atom. The number of piperidine rings is 2. The Labute approximate surface area is 221 Å². The highest BCUT2D eigenvalue weighted by molar-refractivity contribution is 6.33. The smallest absolute Gasteiger partial charge is 0.309 e. The van der Waals surface area contributed by atoms with Gasteiger partial charge in [0, 0.05) is 40.4 Å². The van der Waals surface area contributed by atoms with E-state index in [0.29, 0.717) is 52.0 Å². The largest absolute Gasteiger partial charge is 0.480 e. The first kappa shape index (κ1) is 28.9. The molecule has 37 heavy (non-hydrogen) atoms. The van der Waals surface area contributed by atoms with E-state index in [1.807, 2.05) is 4.90 Å². The number of anilines is 1. The Morgan fingerprint density at radius 1 is 1.14 bits per heavy atom. The molecule has 3 heterocycles. The number of nitrogens with one attached hydrogen (secondary N) is 1. The molecule has 1 aromatic rings. The van der Waals surface area contributed by atoms with Gasteiger partial charge in [0.1, 0.15) is 18.0 Å². The van der Waals surface area contributed by atoms with E-state index in [9.17, 15) is 14.4 Å². The molecule has 2 saturated heterocycles. The van der Waals surface area contributed by atoms with Crippen molar-refractivity contribution in [1.29, 1.82) is 0 Å². The summed E-state index contributed by atoms with van der Waals surface area (Å²) >= 11 is 6.05. The molecule has 0 bridgehead atoms. The van der Waals surface area contributed by atoms with Crippen LogP contribution in [0, 0.1) is 5.92 Å². The molecule has 2 aliphatic heterocycles. The fourth-order valence-electron chi connectivity index (χ4n) is 4.58. The second kappa shape index (κ2) is 13.8. The van der Waals surface area contributed by atoms with Crippen LogP contribution < -0.4 is 15.8 Å². The van der Waals surface area contributed by atoms with Gasteiger partial charge in [0.2, 0.25) is 11.8 Å². The number of pyridine rings is 1. The Morgan fingerprint density at radius 3 is 2.51 bits per heavy atom. The van der Waals surface area contributed by atoms with Gasteiger partial charge in [0.15, 0.2) is 0 Å². The number of hydrogen-bond acceptors (Lipinski definition) is 10. The SMILES string of the molecule is COCCOC(=O)C1CCN(C(=O)CN2CCC(NC(=O)c3cc(Cl)c(N)nc3OC)C(OC)C2)CC1. The lowest BCUT2D eigenvalue weighted by Gasteiger charge is -2.39. The Balaban J connectivity index is 1.49. The van der Waals surface area contributed by atoms with E-state index in [1.165, 1.54) is 13.2 Å². The average molecular weight is 542 g/mol. The van der Waals surface area contributed by atoms with Crippen molar-refractivity contribution in [3.63, 3.8) is 0 Å². The summed E-state index contributed by atoms with van der Waals surface area (Å²) in [4.78, 5) is 45.8. The Bertz CT molecular complexity index is 958. The molecule has 2 fully saturated rings. The lowest BCUT2D eigenvalue weighted by atomic mass is 9.97. The highest BCUT2D eigenvalue weighted by atomic mass is 35.5. The quantitative estimate of drug-likeness (QED) is 0.318. The van der Waals surface area contributed by atoms with Gasteiger partial charge in [-0.3, -0.25) is 19.3 Å². The zero-order chi connectivity index (χ0) is 26.9. The molecule has 2 unspecified atom stereocenters. The number of carbonyl (C=O) groups is 3. The van der Waals surface area contributed by atoms with Crippen LogP contribution in [-0.4, -0.2) is 112 Å². The number of aromatic nitrogens is 1. The number of hydrogen-bond donors (Lipinski definition) is 2. The van der Waals surface area contributed by atoms with E-state index in [4.69, 9.17) is 36.3 Å². The van der Waals surface area contributed by atoms with Gasteiger partial charge in [-0.15, -0.1) is 0 Å². The Hall–Kier alpha value is -2.67. The number of rotatable bonds is 10. The van der Waals surface area contributed by atoms with Crippen molar-refractivity contribution in [1.82, 2.24) is 20.1 Å². The number of nitrogens with zero attached hydrogens (tertiary/aromatic N) is 3. The van der Waals surface area contributed by atoms with Crippen LogP contribution in [0.3, 0.4) is 0 Å². The van der Waals surface area contributed by atoms with Crippen LogP contribution >= 0.6 is 11.6 Å². The number of amides is 2. The maximum absolute atomic E-state index is 12.9. The first-order chi connectivity index (χ1) is 17.8. The summed E-state index contributed by atoms with van der Waals surface area (Å²) in [5, 5.41) is 3.13. The standard InChI is InChI=1S/C24H36ClN5O7/c1-34-10-11-37-24(33)15-4-8-30(9-5-15)20(31)14-29-7-6-18(19(13-29)35-2)27-22(32)16-12-17(25)21(26)28-23(16)36-3/h12,15,18-19H,4-11,13-14H2,1-3H3,(H2,26,28)(H,27,32). The van der Waals surface area contributed by atoms with E-state index >= 15 is 0 Å². The highest BCUT2D eigenvalue weighted by Gasteiger charge is 2.34. The first-order valence-corrected chi connectivity index (χ1v) is 12.6. The van der Waals surface area contributed by atoms with Crippen LogP contribution in [-0.2, 0) is 23.8 Å². The maximum Gasteiger partial charge on any atom is 0.309 e. The zero-order valence-corrected chi connectivity index (χ0v) is 22.3. The predicted octanol–water partition coefficient (Wildman–Crippen LogP) is 0.573. The molecule has 3 rings (SSSR count). The van der Waals surface area contributed by atoms with Gasteiger partial charge in [0.25, 0.3) is 5.91 Å². The highest BCUT2D eigenvalue weighted by Crippen LogP contribution is 2.26. The molecule has 0 aromatic carbocycles. The normalized spacial score (nSPS) is 20.9. The zero-order valence-electron chi connectivity index (χ0n) is 21.5. The van der Waals surface area contributed by atoms with Crippen LogP contribution in [0.15, 0.2) is 6.07 Å². The van der Waals surface area contributed by atoms with Gasteiger partial charge in [-0.2, -0.15) is 4.98 Å². The molecule has 12 nitrogen and oxygen atoms in total. The number of halogens is 1. The summed E-state index contributed by atoms with van der Waals surface area (Å²) in [6.45, 7) is 2.97. The van der Waals surface area contributed by atoms with E-state index in [1.54, 1.807) is 19.1 Å². The summed E-state index contributed by atoms with van der Waals surface area (Å²) in [7, 11) is 4.53. The molecule has 2 atom stereocenters. The first-order valence-electron chi connectivity index (χ1n) is 12.3. The molecule has 3 N–H and O–H groups in total. The van der Waals surface area contributed by atoms with Crippen molar-refractivity contribution in [3.8, 4) is 5.88 Å². The number of carbonyl (C=O) groups excluding carboxylic acids is 3. The predicted molar refractivity (Wildman–Crippen MR) is 135 cm³/mol. The minimum absolute atomic E-state index is 0.0101. The number of nitrogen functional groups attached to an aromatic ring is 1. The summed E-state index contributed by atoms with van der Waals surface area (Å²) in [6.07, 6.45) is 1.44. The van der Waals surface area contributed by atoms with Gasteiger partial charge in [-0.25, -0.2) is 0 Å². The summed E-state index contributed by atoms with van der Waals surface area (Å²) in [6, 6.07) is 1.15. The van der Waals surface area contributed by atoms with Gasteiger partial charge in [-0.1, -0.05) is 11.6 Å². The summed E-state index contributed by atoms with van der Waals surface area (Å²) in [5.74, 6) is -0.645. The van der Waals surface area contributed by atoms with Crippen LogP contribution in [0.4, 0.5) is 5.82 Å². The lowest BCUT2D eigenvalue weighted by molar-refractivity contribution is -0.153. The summed E-state index contributed by atoms with van der Waals surface area (Å²) < 4.78 is 20.9. The molecule has 2 aliphatic rings. The molecule has 0 aliphatic carbocycles. The molecule has 0 saturated carbocycles. The van der Waals surface area contributed by atoms with E-state index in [2.05, 4.69) is 10.3 Å². The van der Waals surface area contributed by atoms with Crippen molar-refractivity contribution in [2.24, 2.45) is 5.92 Å². The lowest BCUT2D eigenvalue weighted by Crippen LogP contribution is -2.56. The number of esters is 1. The van der Waals surface area contributed by atoms with Crippen molar-refractivity contribution < 1.29 is 33.3 Å². The number of nitrogens with two attached hydrogens (primary N) is 1. The Kier molecular flexibility index (Phi) is 10.7. The van der Waals surface area contributed by atoms with Gasteiger partial charge >= 0.3 is 5.97 Å². The molecular formula is C24H36ClN5O7. The monoisotopic (exact) mass is 541 g/mol. The second-order valence-electron chi connectivity index (χ2n) is 9.11. The molecule has 13 heteroatoms. The van der Waals surface area contributed by atoms with E-state index in [0.717, 1.165) is 0 Å². The van der Waals surface area contributed by atoms with Gasteiger partial charge < -0.3 is 34.9 Å². The molecule has 0 radical (unpaired) electrons. The molecular weight excluding hydrogens is 506 g/mol. The van der Waals surface area contributed by atoms with Crippen molar-refractivity contribution in [2.45, 2.75) is 31.4 Å². The fourth-order valence-corrected chi connectivity index (χ4v) is 4.73. The number of methoxy groups -OCH3 is 3. The van der Waals surface area contributed by atoms with Crippen LogP contribution in [0.25, 0.3) is 0 Å². The molecule has 2 amide bonds. The minimum atomic E-state index is -0.397. The van der Waals surface area contributed by atoms with E-state index < -0.39 is 5.91 Å². The van der Waals surface area contributed by atoms with Crippen molar-refractivity contribution >= 4 is 35.2 Å². The third-order valence-corrected chi connectivity index (χ3v) is 7.04. The van der Waals surface area contributed by atoms with Crippen LogP contribution in [0.1, 0.15) is 29.6 Å². The van der Waals surface area contributed by atoms with Gasteiger partial charge in [0.05, 0.1) is 43.3 Å². The second-order valence-corrected chi connectivity index (χ2v) is 9.51. The fraction of sp³-hybridized carbons (Fsp3) is 0.667. The third kappa shape index (κ3) is 7.67. The van der Waals surface area contributed by atoms with Crippen LogP contribution in [0.2, 0.25) is 5.02 Å².